The van der Waals surface area contributed by atoms with Crippen molar-refractivity contribution in [2.75, 3.05) is 38.8 Å². The number of piperidine rings is 1. The first kappa shape index (κ1) is 17.7. The summed E-state index contributed by atoms with van der Waals surface area (Å²) in [5, 5.41) is 4.95. The maximum absolute atomic E-state index is 8.65. The lowest BCUT2D eigenvalue weighted by Gasteiger charge is -2.37. The fraction of sp³-hybridized carbons (Fsp3) is 0.550. The van der Waals surface area contributed by atoms with Gasteiger partial charge in [0.2, 0.25) is 0 Å². The Bertz CT molecular complexity index is 881. The Hall–Kier alpha value is -2.66. The zero-order valence-corrected chi connectivity index (χ0v) is 15.9. The summed E-state index contributed by atoms with van der Waals surface area (Å²) in [5.74, 6) is 2.07. The van der Waals surface area contributed by atoms with Gasteiger partial charge < -0.3 is 14.4 Å². The van der Waals surface area contributed by atoms with Crippen LogP contribution < -0.4 is 14.4 Å². The van der Waals surface area contributed by atoms with Crippen molar-refractivity contribution < 1.29 is 9.47 Å². The number of nitrogens with zero attached hydrogens (tertiary/aromatic N) is 5. The molecule has 1 aromatic carbocycles. The predicted octanol–water partition coefficient (Wildman–Crippen LogP) is 4.56. The van der Waals surface area contributed by atoms with Crippen LogP contribution in [0.4, 0.5) is 5.69 Å². The number of fused-ring (bicyclic) bond motifs is 1. The standard InChI is InChI=1S/C20H25N5O2/c1-26-18-11-15-16(12-19(18)27-2)22-8-3-17(15)25-9-4-14(5-10-25)20(6-7-20)13-23-24-21/h3,8,11-12,14H,4-7,9-10,13H2,1-2H3. The molecule has 27 heavy (non-hydrogen) atoms. The summed E-state index contributed by atoms with van der Waals surface area (Å²) in [5.41, 5.74) is 11.0. The van der Waals surface area contributed by atoms with Gasteiger partial charge in [0.05, 0.1) is 19.7 Å². The van der Waals surface area contributed by atoms with E-state index in [1.807, 2.05) is 18.3 Å². The Morgan fingerprint density at radius 2 is 1.93 bits per heavy atom. The van der Waals surface area contributed by atoms with Crippen molar-refractivity contribution in [1.82, 2.24) is 4.98 Å². The summed E-state index contributed by atoms with van der Waals surface area (Å²) in [6.45, 7) is 2.68. The van der Waals surface area contributed by atoms with Gasteiger partial charge in [-0.3, -0.25) is 4.98 Å². The second-order valence-corrected chi connectivity index (χ2v) is 7.57. The molecular weight excluding hydrogens is 342 g/mol. The molecule has 1 aliphatic carbocycles. The largest absolute Gasteiger partial charge is 0.493 e. The summed E-state index contributed by atoms with van der Waals surface area (Å²) >= 11 is 0. The molecule has 7 nitrogen and oxygen atoms in total. The van der Waals surface area contributed by atoms with Gasteiger partial charge in [0.15, 0.2) is 11.5 Å². The van der Waals surface area contributed by atoms with Gasteiger partial charge in [0, 0.05) is 47.9 Å². The molecule has 2 aliphatic rings. The van der Waals surface area contributed by atoms with Crippen LogP contribution in [0.15, 0.2) is 29.5 Å². The number of azide groups is 1. The maximum atomic E-state index is 8.65. The molecule has 1 saturated heterocycles. The van der Waals surface area contributed by atoms with E-state index in [9.17, 15) is 0 Å². The molecule has 0 unspecified atom stereocenters. The number of anilines is 1. The van der Waals surface area contributed by atoms with Crippen LogP contribution in [0.1, 0.15) is 25.7 Å². The number of hydrogen-bond donors (Lipinski definition) is 0. The van der Waals surface area contributed by atoms with Crippen molar-refractivity contribution in [3.8, 4) is 11.5 Å². The van der Waals surface area contributed by atoms with Gasteiger partial charge in [-0.25, -0.2) is 0 Å². The zero-order valence-electron chi connectivity index (χ0n) is 15.9. The smallest absolute Gasteiger partial charge is 0.162 e. The molecule has 1 aliphatic heterocycles. The molecule has 0 N–H and O–H groups in total. The SMILES string of the molecule is COc1cc2nccc(N3CCC(C4(CN=[N+]=[N-])CC4)CC3)c2cc1OC. The van der Waals surface area contributed by atoms with Crippen LogP contribution in [0.3, 0.4) is 0 Å². The van der Waals surface area contributed by atoms with Gasteiger partial charge in [-0.15, -0.1) is 0 Å². The van der Waals surface area contributed by atoms with E-state index in [0.29, 0.717) is 18.2 Å². The second-order valence-electron chi connectivity index (χ2n) is 7.57. The van der Waals surface area contributed by atoms with Gasteiger partial charge in [-0.2, -0.15) is 0 Å². The van der Waals surface area contributed by atoms with Gasteiger partial charge in [0.25, 0.3) is 0 Å². The van der Waals surface area contributed by atoms with Crippen molar-refractivity contribution in [2.45, 2.75) is 25.7 Å². The molecule has 142 valence electrons. The third kappa shape index (κ3) is 3.23. The number of aromatic nitrogens is 1. The minimum absolute atomic E-state index is 0.273. The minimum Gasteiger partial charge on any atom is -0.493 e. The first-order valence-electron chi connectivity index (χ1n) is 9.47. The van der Waals surface area contributed by atoms with Crippen molar-refractivity contribution in [1.29, 1.82) is 0 Å². The molecule has 1 aromatic heterocycles. The molecule has 2 aromatic rings. The molecular formula is C20H25N5O2. The molecule has 2 heterocycles. The molecule has 0 amide bonds. The topological polar surface area (TPSA) is 83.4 Å². The Morgan fingerprint density at radius 1 is 1.22 bits per heavy atom. The van der Waals surface area contributed by atoms with Crippen LogP contribution in [0, 0.1) is 11.3 Å². The number of pyridine rings is 1. The molecule has 0 bridgehead atoms. The van der Waals surface area contributed by atoms with E-state index in [4.69, 9.17) is 15.0 Å². The molecule has 7 heteroatoms. The summed E-state index contributed by atoms with van der Waals surface area (Å²) in [6.07, 6.45) is 6.54. The summed E-state index contributed by atoms with van der Waals surface area (Å²) < 4.78 is 10.9. The highest BCUT2D eigenvalue weighted by atomic mass is 16.5. The van der Waals surface area contributed by atoms with E-state index in [1.54, 1.807) is 14.2 Å². The zero-order chi connectivity index (χ0) is 18.9. The molecule has 1 saturated carbocycles. The third-order valence-electron chi connectivity index (χ3n) is 6.27. The lowest BCUT2D eigenvalue weighted by atomic mass is 9.81. The lowest BCUT2D eigenvalue weighted by Crippen LogP contribution is -2.37. The quantitative estimate of drug-likeness (QED) is 0.426. The van der Waals surface area contributed by atoms with Crippen molar-refractivity contribution in [3.63, 3.8) is 0 Å². The average Bonchev–Trinajstić information content (AvgIpc) is 3.52. The average molecular weight is 367 g/mol. The Balaban J connectivity index is 1.56. The predicted molar refractivity (Wildman–Crippen MR) is 105 cm³/mol. The van der Waals surface area contributed by atoms with Crippen LogP contribution in [0.25, 0.3) is 21.3 Å². The number of methoxy groups -OCH3 is 2. The number of rotatable bonds is 6. The Morgan fingerprint density at radius 3 is 2.56 bits per heavy atom. The van der Waals surface area contributed by atoms with Crippen LogP contribution in [-0.2, 0) is 0 Å². The number of benzene rings is 1. The normalized spacial score (nSPS) is 18.8. The molecule has 4 rings (SSSR count). The molecule has 0 atom stereocenters. The number of hydrogen-bond acceptors (Lipinski definition) is 5. The fourth-order valence-corrected chi connectivity index (χ4v) is 4.50. The van der Waals surface area contributed by atoms with E-state index >= 15 is 0 Å². The number of ether oxygens (including phenoxy) is 2. The fourth-order valence-electron chi connectivity index (χ4n) is 4.50. The first-order valence-corrected chi connectivity index (χ1v) is 9.47. The monoisotopic (exact) mass is 367 g/mol. The van der Waals surface area contributed by atoms with Gasteiger partial charge in [-0.05, 0) is 54.7 Å². The summed E-state index contributed by atoms with van der Waals surface area (Å²) in [6, 6.07) is 6.04. The Kier molecular flexibility index (Phi) is 4.70. The molecule has 0 radical (unpaired) electrons. The van der Waals surface area contributed by atoms with E-state index in [-0.39, 0.29) is 5.41 Å². The van der Waals surface area contributed by atoms with E-state index < -0.39 is 0 Å². The minimum atomic E-state index is 0.273. The van der Waals surface area contributed by atoms with Crippen molar-refractivity contribution >= 4 is 16.6 Å². The van der Waals surface area contributed by atoms with Crippen LogP contribution in [0.2, 0.25) is 0 Å². The summed E-state index contributed by atoms with van der Waals surface area (Å²) in [7, 11) is 3.30. The highest BCUT2D eigenvalue weighted by Gasteiger charge is 2.48. The second kappa shape index (κ2) is 7.16. The highest BCUT2D eigenvalue weighted by Crippen LogP contribution is 2.55. The van der Waals surface area contributed by atoms with E-state index in [0.717, 1.165) is 42.6 Å². The lowest BCUT2D eigenvalue weighted by molar-refractivity contribution is 0.259. The Labute approximate surface area is 158 Å². The first-order chi connectivity index (χ1) is 13.2. The van der Waals surface area contributed by atoms with Gasteiger partial charge in [0.1, 0.15) is 0 Å². The van der Waals surface area contributed by atoms with Crippen molar-refractivity contribution in [3.05, 3.63) is 34.8 Å². The molecule has 0 spiro atoms. The van der Waals surface area contributed by atoms with Gasteiger partial charge in [-0.1, -0.05) is 5.11 Å². The van der Waals surface area contributed by atoms with Crippen LogP contribution in [-0.4, -0.2) is 38.8 Å². The van der Waals surface area contributed by atoms with E-state index in [2.05, 4.69) is 26.0 Å². The van der Waals surface area contributed by atoms with Gasteiger partial charge >= 0.3 is 0 Å². The van der Waals surface area contributed by atoms with E-state index in [1.165, 1.54) is 18.5 Å². The van der Waals surface area contributed by atoms with Crippen molar-refractivity contribution in [2.24, 2.45) is 16.4 Å². The van der Waals surface area contributed by atoms with Crippen LogP contribution >= 0.6 is 0 Å². The third-order valence-corrected chi connectivity index (χ3v) is 6.27. The maximum Gasteiger partial charge on any atom is 0.162 e. The molecule has 2 fully saturated rings. The highest BCUT2D eigenvalue weighted by molar-refractivity contribution is 5.94. The van der Waals surface area contributed by atoms with Crippen LogP contribution in [0.5, 0.6) is 11.5 Å². The summed E-state index contributed by atoms with van der Waals surface area (Å²) in [4.78, 5) is 9.92.